The van der Waals surface area contributed by atoms with Crippen LogP contribution in [-0.4, -0.2) is 23.3 Å². The summed E-state index contributed by atoms with van der Waals surface area (Å²) in [5, 5.41) is 13.0. The Labute approximate surface area is 135 Å². The van der Waals surface area contributed by atoms with Crippen LogP contribution >= 0.6 is 0 Å². The third kappa shape index (κ3) is 4.03. The van der Waals surface area contributed by atoms with Gasteiger partial charge in [0.25, 0.3) is 17.5 Å². The number of nitrogens with one attached hydrogen (secondary N) is 1. The van der Waals surface area contributed by atoms with E-state index in [1.807, 2.05) is 0 Å². The lowest BCUT2D eigenvalue weighted by atomic mass is 10.1. The number of amides is 2. The molecular formula is C15H12FN3O5. The Kier molecular flexibility index (Phi) is 5.05. The van der Waals surface area contributed by atoms with Crippen LogP contribution in [0.15, 0.2) is 42.5 Å². The summed E-state index contributed by atoms with van der Waals surface area (Å²) in [7, 11) is 0. The second-order valence-electron chi connectivity index (χ2n) is 4.63. The number of nitro benzene ring substituents is 1. The van der Waals surface area contributed by atoms with E-state index in [0.29, 0.717) is 0 Å². The molecule has 0 aromatic heterocycles. The maximum Gasteiger partial charge on any atom is 0.271 e. The first-order chi connectivity index (χ1) is 11.4. The molecule has 124 valence electrons. The van der Waals surface area contributed by atoms with Gasteiger partial charge in [-0.1, -0.05) is 12.1 Å². The number of carbonyl (C=O) groups excluding carboxylic acids is 2. The number of hydrogen-bond acceptors (Lipinski definition) is 5. The standard InChI is InChI=1S/C15H12FN3O5/c16-11-6-5-9(19(22)23)7-12(11)18-15(21)10-3-1-2-4-13(10)24-8-14(17)20/h1-7H,8H2,(H2,17,20)(H,18,21). The molecule has 0 saturated heterocycles. The van der Waals surface area contributed by atoms with Gasteiger partial charge >= 0.3 is 0 Å². The smallest absolute Gasteiger partial charge is 0.271 e. The van der Waals surface area contributed by atoms with Crippen LogP contribution in [0, 0.1) is 15.9 Å². The first-order valence-electron chi connectivity index (χ1n) is 6.64. The maximum atomic E-state index is 13.7. The van der Waals surface area contributed by atoms with Crippen molar-refractivity contribution in [2.75, 3.05) is 11.9 Å². The van der Waals surface area contributed by atoms with Gasteiger partial charge < -0.3 is 15.8 Å². The highest BCUT2D eigenvalue weighted by molar-refractivity contribution is 6.06. The molecule has 0 aliphatic rings. The molecule has 2 aromatic carbocycles. The molecule has 0 saturated carbocycles. The van der Waals surface area contributed by atoms with Crippen molar-refractivity contribution in [2.24, 2.45) is 5.73 Å². The van der Waals surface area contributed by atoms with Gasteiger partial charge in [0.2, 0.25) is 0 Å². The number of nitro groups is 1. The fourth-order valence-electron chi connectivity index (χ4n) is 1.84. The Morgan fingerprint density at radius 1 is 1.25 bits per heavy atom. The van der Waals surface area contributed by atoms with E-state index in [9.17, 15) is 24.1 Å². The molecule has 0 spiro atoms. The number of non-ortho nitro benzene ring substituents is 1. The van der Waals surface area contributed by atoms with Crippen molar-refractivity contribution in [3.8, 4) is 5.75 Å². The minimum atomic E-state index is -0.829. The van der Waals surface area contributed by atoms with Crippen molar-refractivity contribution in [1.82, 2.24) is 0 Å². The number of rotatable bonds is 6. The lowest BCUT2D eigenvalue weighted by Crippen LogP contribution is -2.21. The van der Waals surface area contributed by atoms with Gasteiger partial charge in [-0.3, -0.25) is 19.7 Å². The molecule has 8 nitrogen and oxygen atoms in total. The van der Waals surface area contributed by atoms with Gasteiger partial charge in [-0.2, -0.15) is 0 Å². The zero-order valence-electron chi connectivity index (χ0n) is 12.2. The van der Waals surface area contributed by atoms with Gasteiger partial charge in [-0.15, -0.1) is 0 Å². The lowest BCUT2D eigenvalue weighted by molar-refractivity contribution is -0.384. The molecule has 2 aromatic rings. The molecule has 2 amide bonds. The largest absolute Gasteiger partial charge is 0.483 e. The SMILES string of the molecule is NC(=O)COc1ccccc1C(=O)Nc1cc([N+](=O)[O-])ccc1F. The molecule has 0 atom stereocenters. The fourth-order valence-corrected chi connectivity index (χ4v) is 1.84. The van der Waals surface area contributed by atoms with Crippen molar-refractivity contribution in [3.05, 3.63) is 64.0 Å². The van der Waals surface area contributed by atoms with Crippen LogP contribution in [0.25, 0.3) is 0 Å². The third-order valence-corrected chi connectivity index (χ3v) is 2.91. The van der Waals surface area contributed by atoms with Crippen molar-refractivity contribution in [1.29, 1.82) is 0 Å². The average molecular weight is 333 g/mol. The van der Waals surface area contributed by atoms with Gasteiger partial charge in [0.05, 0.1) is 16.2 Å². The zero-order chi connectivity index (χ0) is 17.7. The fraction of sp³-hybridized carbons (Fsp3) is 0.0667. The van der Waals surface area contributed by atoms with E-state index in [1.165, 1.54) is 18.2 Å². The van der Waals surface area contributed by atoms with E-state index < -0.39 is 29.2 Å². The van der Waals surface area contributed by atoms with E-state index in [1.54, 1.807) is 6.07 Å². The number of nitrogens with zero attached hydrogens (tertiary/aromatic N) is 1. The number of nitrogens with two attached hydrogens (primary N) is 1. The van der Waals surface area contributed by atoms with Gasteiger partial charge in [0.15, 0.2) is 6.61 Å². The predicted octanol–water partition coefficient (Wildman–Crippen LogP) is 1.85. The number of hydrogen-bond donors (Lipinski definition) is 2. The van der Waals surface area contributed by atoms with Gasteiger partial charge in [-0.05, 0) is 18.2 Å². The molecule has 0 fully saturated rings. The molecule has 0 aliphatic carbocycles. The summed E-state index contributed by atoms with van der Waals surface area (Å²) < 4.78 is 18.8. The highest BCUT2D eigenvalue weighted by atomic mass is 19.1. The third-order valence-electron chi connectivity index (χ3n) is 2.91. The predicted molar refractivity (Wildman–Crippen MR) is 82.1 cm³/mol. The number of halogens is 1. The highest BCUT2D eigenvalue weighted by Gasteiger charge is 2.17. The summed E-state index contributed by atoms with van der Waals surface area (Å²) in [6.07, 6.45) is 0. The van der Waals surface area contributed by atoms with Gasteiger partial charge in [-0.25, -0.2) is 4.39 Å². The van der Waals surface area contributed by atoms with Crippen LogP contribution in [0.1, 0.15) is 10.4 Å². The first-order valence-corrected chi connectivity index (χ1v) is 6.64. The van der Waals surface area contributed by atoms with Gasteiger partial charge in [0, 0.05) is 12.1 Å². The summed E-state index contributed by atoms with van der Waals surface area (Å²) >= 11 is 0. The normalized spacial score (nSPS) is 10.0. The number of ether oxygens (including phenoxy) is 1. The molecule has 0 radical (unpaired) electrons. The second-order valence-corrected chi connectivity index (χ2v) is 4.63. The summed E-state index contributed by atoms with van der Waals surface area (Å²) in [4.78, 5) is 33.1. The number of para-hydroxylation sites is 1. The Morgan fingerprint density at radius 2 is 1.96 bits per heavy atom. The minimum absolute atomic E-state index is 0.0182. The molecule has 0 bridgehead atoms. The minimum Gasteiger partial charge on any atom is -0.483 e. The first kappa shape index (κ1) is 16.9. The van der Waals surface area contributed by atoms with Gasteiger partial charge in [0.1, 0.15) is 11.6 Å². The summed E-state index contributed by atoms with van der Waals surface area (Å²) in [6.45, 7) is -0.435. The highest BCUT2D eigenvalue weighted by Crippen LogP contribution is 2.24. The number of anilines is 1. The van der Waals surface area contributed by atoms with Crippen molar-refractivity contribution >= 4 is 23.2 Å². The molecule has 0 heterocycles. The average Bonchev–Trinajstić information content (AvgIpc) is 2.54. The second kappa shape index (κ2) is 7.18. The molecule has 24 heavy (non-hydrogen) atoms. The van der Waals surface area contributed by atoms with E-state index in [2.05, 4.69) is 5.32 Å². The van der Waals surface area contributed by atoms with Crippen molar-refractivity contribution in [3.63, 3.8) is 0 Å². The van der Waals surface area contributed by atoms with E-state index in [-0.39, 0.29) is 22.7 Å². The van der Waals surface area contributed by atoms with Crippen LogP contribution in [0.5, 0.6) is 5.75 Å². The Balaban J connectivity index is 2.26. The van der Waals surface area contributed by atoms with Crippen LogP contribution in [0.2, 0.25) is 0 Å². The van der Waals surface area contributed by atoms with Crippen LogP contribution < -0.4 is 15.8 Å². The Morgan fingerprint density at radius 3 is 2.62 bits per heavy atom. The monoisotopic (exact) mass is 333 g/mol. The topological polar surface area (TPSA) is 125 Å². The Bertz CT molecular complexity index is 809. The summed E-state index contributed by atoms with van der Waals surface area (Å²) in [5.74, 6) is -2.24. The van der Waals surface area contributed by atoms with E-state index >= 15 is 0 Å². The van der Waals surface area contributed by atoms with E-state index in [0.717, 1.165) is 18.2 Å². The quantitative estimate of drug-likeness (QED) is 0.616. The molecular weight excluding hydrogens is 321 g/mol. The summed E-state index contributed by atoms with van der Waals surface area (Å²) in [5.41, 5.74) is 4.28. The summed E-state index contributed by atoms with van der Waals surface area (Å²) in [6, 6.07) is 8.69. The van der Waals surface area contributed by atoms with Crippen LogP contribution in [-0.2, 0) is 4.79 Å². The van der Waals surface area contributed by atoms with Crippen LogP contribution in [0.3, 0.4) is 0 Å². The number of primary amides is 1. The number of carbonyl (C=O) groups is 2. The van der Waals surface area contributed by atoms with Crippen molar-refractivity contribution in [2.45, 2.75) is 0 Å². The molecule has 2 rings (SSSR count). The van der Waals surface area contributed by atoms with E-state index in [4.69, 9.17) is 10.5 Å². The zero-order valence-corrected chi connectivity index (χ0v) is 12.2. The molecule has 9 heteroatoms. The molecule has 0 aliphatic heterocycles. The maximum absolute atomic E-state index is 13.7. The lowest BCUT2D eigenvalue weighted by Gasteiger charge is -2.11. The Hall–Kier alpha value is -3.49. The van der Waals surface area contributed by atoms with Crippen LogP contribution in [0.4, 0.5) is 15.8 Å². The molecule has 0 unspecified atom stereocenters. The molecule has 3 N–H and O–H groups in total. The number of benzene rings is 2. The van der Waals surface area contributed by atoms with Crippen molar-refractivity contribution < 1.29 is 23.6 Å².